The minimum Gasteiger partial charge on any atom is -0.472 e. The van der Waals surface area contributed by atoms with Crippen LogP contribution in [0.1, 0.15) is 35.3 Å². The van der Waals surface area contributed by atoms with Gasteiger partial charge in [-0.05, 0) is 24.1 Å². The summed E-state index contributed by atoms with van der Waals surface area (Å²) in [5.74, 6) is 0.684. The second kappa shape index (κ2) is 7.17. The third-order valence-corrected chi connectivity index (χ3v) is 5.11. The SMILES string of the molecule is CC(C)CNC(=O)C1CSC(c2ccoc2)N1C(=O)c1ccco1. The average Bonchev–Trinajstić information content (AvgIpc) is 3.32. The number of amides is 2. The molecular weight excluding hydrogens is 328 g/mol. The maximum atomic E-state index is 12.9. The van der Waals surface area contributed by atoms with E-state index >= 15 is 0 Å². The Hall–Kier alpha value is -2.15. The van der Waals surface area contributed by atoms with Crippen molar-refractivity contribution in [2.24, 2.45) is 5.92 Å². The Balaban J connectivity index is 1.85. The lowest BCUT2D eigenvalue weighted by molar-refractivity contribution is -0.125. The van der Waals surface area contributed by atoms with Gasteiger partial charge in [0.2, 0.25) is 5.91 Å². The summed E-state index contributed by atoms with van der Waals surface area (Å²) >= 11 is 1.55. The molecule has 1 fully saturated rings. The number of carbonyl (C=O) groups excluding carboxylic acids is 2. The Kier molecular flexibility index (Phi) is 4.99. The summed E-state index contributed by atoms with van der Waals surface area (Å²) in [7, 11) is 0. The van der Waals surface area contributed by atoms with Gasteiger partial charge in [0.1, 0.15) is 11.4 Å². The molecule has 128 valence electrons. The number of thioether (sulfide) groups is 1. The molecule has 0 bridgehead atoms. The summed E-state index contributed by atoms with van der Waals surface area (Å²) in [6.45, 7) is 4.65. The maximum absolute atomic E-state index is 12.9. The van der Waals surface area contributed by atoms with Gasteiger partial charge in [-0.3, -0.25) is 9.59 Å². The van der Waals surface area contributed by atoms with E-state index in [-0.39, 0.29) is 22.9 Å². The van der Waals surface area contributed by atoms with Crippen molar-refractivity contribution in [3.05, 3.63) is 48.3 Å². The van der Waals surface area contributed by atoms with E-state index in [1.807, 2.05) is 19.9 Å². The molecule has 1 aliphatic heterocycles. The number of rotatable bonds is 5. The van der Waals surface area contributed by atoms with Gasteiger partial charge in [0.05, 0.1) is 18.8 Å². The first-order chi connectivity index (χ1) is 11.6. The van der Waals surface area contributed by atoms with Crippen LogP contribution in [0, 0.1) is 5.92 Å². The fraction of sp³-hybridized carbons (Fsp3) is 0.412. The van der Waals surface area contributed by atoms with Crippen molar-refractivity contribution in [1.29, 1.82) is 0 Å². The molecule has 1 N–H and O–H groups in total. The van der Waals surface area contributed by atoms with E-state index < -0.39 is 6.04 Å². The fourth-order valence-corrected chi connectivity index (χ4v) is 3.99. The van der Waals surface area contributed by atoms with E-state index in [1.54, 1.807) is 41.3 Å². The fourth-order valence-electron chi connectivity index (χ4n) is 2.58. The first-order valence-electron chi connectivity index (χ1n) is 7.85. The van der Waals surface area contributed by atoms with E-state index in [1.165, 1.54) is 6.26 Å². The van der Waals surface area contributed by atoms with Crippen molar-refractivity contribution < 1.29 is 18.4 Å². The Morgan fingerprint density at radius 3 is 2.83 bits per heavy atom. The molecule has 0 radical (unpaired) electrons. The molecule has 0 aliphatic carbocycles. The third-order valence-electron chi connectivity index (χ3n) is 3.78. The third kappa shape index (κ3) is 3.36. The van der Waals surface area contributed by atoms with Crippen molar-refractivity contribution in [1.82, 2.24) is 10.2 Å². The topological polar surface area (TPSA) is 75.7 Å². The lowest BCUT2D eigenvalue weighted by atomic mass is 10.2. The minimum absolute atomic E-state index is 0.137. The van der Waals surface area contributed by atoms with Crippen LogP contribution in [-0.4, -0.2) is 35.1 Å². The van der Waals surface area contributed by atoms with Gasteiger partial charge in [-0.25, -0.2) is 0 Å². The van der Waals surface area contributed by atoms with Crippen LogP contribution in [0.2, 0.25) is 0 Å². The summed E-state index contributed by atoms with van der Waals surface area (Å²) in [5, 5.41) is 2.65. The summed E-state index contributed by atoms with van der Waals surface area (Å²) in [5.41, 5.74) is 0.860. The van der Waals surface area contributed by atoms with Crippen LogP contribution in [0.15, 0.2) is 45.8 Å². The Labute approximate surface area is 144 Å². The molecule has 3 heterocycles. The summed E-state index contributed by atoms with van der Waals surface area (Å²) < 4.78 is 10.4. The lowest BCUT2D eigenvalue weighted by Gasteiger charge is -2.27. The lowest BCUT2D eigenvalue weighted by Crippen LogP contribution is -2.48. The molecule has 2 aromatic heterocycles. The van der Waals surface area contributed by atoms with Gasteiger partial charge < -0.3 is 19.1 Å². The molecule has 2 amide bonds. The summed E-state index contributed by atoms with van der Waals surface area (Å²) in [6, 6.07) is 4.55. The first kappa shape index (κ1) is 16.7. The average molecular weight is 348 g/mol. The quantitative estimate of drug-likeness (QED) is 0.899. The molecule has 1 saturated heterocycles. The molecule has 2 atom stereocenters. The van der Waals surface area contributed by atoms with E-state index in [2.05, 4.69) is 5.32 Å². The minimum atomic E-state index is -0.536. The van der Waals surface area contributed by atoms with Gasteiger partial charge in [0.15, 0.2) is 5.76 Å². The molecule has 24 heavy (non-hydrogen) atoms. The van der Waals surface area contributed by atoms with Crippen LogP contribution in [-0.2, 0) is 4.79 Å². The smallest absolute Gasteiger partial charge is 0.291 e. The van der Waals surface area contributed by atoms with Gasteiger partial charge >= 0.3 is 0 Å². The van der Waals surface area contributed by atoms with Crippen molar-refractivity contribution in [2.45, 2.75) is 25.3 Å². The highest BCUT2D eigenvalue weighted by atomic mass is 32.2. The number of nitrogens with one attached hydrogen (secondary N) is 1. The molecular formula is C17H20N2O4S. The van der Waals surface area contributed by atoms with Crippen LogP contribution in [0.3, 0.4) is 0 Å². The normalized spacial score (nSPS) is 20.5. The summed E-state index contributed by atoms with van der Waals surface area (Å²) in [4.78, 5) is 27.0. The highest BCUT2D eigenvalue weighted by molar-refractivity contribution is 7.99. The van der Waals surface area contributed by atoms with Crippen LogP contribution < -0.4 is 5.32 Å². The molecule has 0 spiro atoms. The molecule has 0 saturated carbocycles. The van der Waals surface area contributed by atoms with Gasteiger partial charge in [-0.1, -0.05) is 13.8 Å². The number of hydrogen-bond acceptors (Lipinski definition) is 5. The highest BCUT2D eigenvalue weighted by Crippen LogP contribution is 2.42. The van der Waals surface area contributed by atoms with Crippen molar-refractivity contribution >= 4 is 23.6 Å². The van der Waals surface area contributed by atoms with Crippen LogP contribution in [0.25, 0.3) is 0 Å². The van der Waals surface area contributed by atoms with Crippen molar-refractivity contribution in [3.63, 3.8) is 0 Å². The molecule has 6 nitrogen and oxygen atoms in total. The number of hydrogen-bond donors (Lipinski definition) is 1. The number of carbonyl (C=O) groups is 2. The zero-order valence-corrected chi connectivity index (χ0v) is 14.4. The maximum Gasteiger partial charge on any atom is 0.291 e. The van der Waals surface area contributed by atoms with Crippen LogP contribution >= 0.6 is 11.8 Å². The summed E-state index contributed by atoms with van der Waals surface area (Å²) in [6.07, 6.45) is 4.63. The van der Waals surface area contributed by atoms with E-state index in [0.717, 1.165) is 5.56 Å². The number of nitrogens with zero attached hydrogens (tertiary/aromatic N) is 1. The highest BCUT2D eigenvalue weighted by Gasteiger charge is 2.43. The second-order valence-electron chi connectivity index (χ2n) is 6.09. The van der Waals surface area contributed by atoms with Gasteiger partial charge in [0.25, 0.3) is 5.91 Å². The van der Waals surface area contributed by atoms with Crippen LogP contribution in [0.4, 0.5) is 0 Å². The van der Waals surface area contributed by atoms with Gasteiger partial charge in [-0.2, -0.15) is 0 Å². The predicted octanol–water partition coefficient (Wildman–Crippen LogP) is 2.90. The van der Waals surface area contributed by atoms with Crippen LogP contribution in [0.5, 0.6) is 0 Å². The first-order valence-corrected chi connectivity index (χ1v) is 8.90. The Morgan fingerprint density at radius 2 is 2.21 bits per heavy atom. The molecule has 0 aromatic carbocycles. The molecule has 7 heteroatoms. The van der Waals surface area contributed by atoms with Crippen molar-refractivity contribution in [2.75, 3.05) is 12.3 Å². The van der Waals surface area contributed by atoms with E-state index in [9.17, 15) is 9.59 Å². The molecule has 3 rings (SSSR count). The zero-order valence-electron chi connectivity index (χ0n) is 13.6. The zero-order chi connectivity index (χ0) is 17.1. The van der Waals surface area contributed by atoms with Gasteiger partial charge in [-0.15, -0.1) is 11.8 Å². The number of furan rings is 2. The van der Waals surface area contributed by atoms with Crippen molar-refractivity contribution in [3.8, 4) is 0 Å². The largest absolute Gasteiger partial charge is 0.472 e. The monoisotopic (exact) mass is 348 g/mol. The molecule has 2 unspecified atom stereocenters. The second-order valence-corrected chi connectivity index (χ2v) is 7.20. The molecule has 1 aliphatic rings. The molecule has 2 aromatic rings. The van der Waals surface area contributed by atoms with E-state index in [4.69, 9.17) is 8.83 Å². The predicted molar refractivity (Wildman–Crippen MR) is 90.4 cm³/mol. The standard InChI is InChI=1S/C17H20N2O4S/c1-11(2)8-18-15(20)13-10-24-17(12-5-7-22-9-12)19(13)16(21)14-4-3-6-23-14/h3-7,9,11,13,17H,8,10H2,1-2H3,(H,18,20). The Bertz CT molecular complexity index is 682. The van der Waals surface area contributed by atoms with E-state index in [0.29, 0.717) is 18.2 Å². The van der Waals surface area contributed by atoms with Gasteiger partial charge in [0, 0.05) is 17.9 Å². The Morgan fingerprint density at radius 1 is 1.38 bits per heavy atom.